The van der Waals surface area contributed by atoms with Gasteiger partial charge in [0, 0.05) is 0 Å². The fraction of sp³-hybridized carbons (Fsp3) is 0.940. The minimum absolute atomic E-state index is 0.301. The number of unbranched alkanes of at least 4 members (excludes halogenated alkanes) is 32. The van der Waals surface area contributed by atoms with Gasteiger partial charge in [-0.25, -0.2) is 0 Å². The molecular weight excluding hydrogens is 759 g/mol. The molecule has 0 aromatic rings. The number of hydrogen-bond donors (Lipinski definition) is 7. The first-order chi connectivity index (χ1) is 29.3. The summed E-state index contributed by atoms with van der Waals surface area (Å²) in [5.74, 6) is -0.612. The molecule has 1 amide bonds. The lowest BCUT2D eigenvalue weighted by Gasteiger charge is -2.40. The highest BCUT2D eigenvalue weighted by Crippen LogP contribution is 2.23. The summed E-state index contributed by atoms with van der Waals surface area (Å²) in [6, 6.07) is -0.975. The Balaban J connectivity index is 2.33. The summed E-state index contributed by atoms with van der Waals surface area (Å²) in [6.45, 7) is 3.63. The number of aliphatic hydroxyl groups excluding tert-OH is 6. The van der Waals surface area contributed by atoms with E-state index in [0.29, 0.717) is 6.42 Å². The Bertz CT molecular complexity index is 968. The van der Waals surface area contributed by atoms with Gasteiger partial charge in [-0.1, -0.05) is 231 Å². The molecule has 356 valence electrons. The largest absolute Gasteiger partial charge is 0.394 e. The van der Waals surface area contributed by atoms with Crippen molar-refractivity contribution < 1.29 is 44.9 Å². The smallest absolute Gasteiger partial charge is 0.249 e. The molecule has 0 spiro atoms. The van der Waals surface area contributed by atoms with Crippen LogP contribution in [0.15, 0.2) is 12.2 Å². The number of aliphatic hydroxyl groups is 6. The van der Waals surface area contributed by atoms with Crippen LogP contribution in [-0.2, 0) is 14.3 Å². The molecule has 60 heavy (non-hydrogen) atoms. The van der Waals surface area contributed by atoms with Gasteiger partial charge in [0.2, 0.25) is 5.91 Å². The van der Waals surface area contributed by atoms with Gasteiger partial charge in [-0.2, -0.15) is 0 Å². The van der Waals surface area contributed by atoms with Crippen LogP contribution in [0.1, 0.15) is 239 Å². The molecule has 1 saturated heterocycles. The minimum atomic E-state index is -1.61. The molecule has 10 heteroatoms. The van der Waals surface area contributed by atoms with Crippen molar-refractivity contribution in [2.75, 3.05) is 13.2 Å². The van der Waals surface area contributed by atoms with Gasteiger partial charge in [-0.15, -0.1) is 0 Å². The van der Waals surface area contributed by atoms with Crippen LogP contribution in [0, 0.1) is 0 Å². The Morgan fingerprint density at radius 1 is 0.567 bits per heavy atom. The molecule has 8 atom stereocenters. The molecule has 1 rings (SSSR count). The van der Waals surface area contributed by atoms with Crippen LogP contribution in [-0.4, -0.2) is 98.7 Å². The topological polar surface area (TPSA) is 169 Å². The molecular formula is C50H97NO9. The monoisotopic (exact) mass is 856 g/mol. The summed E-state index contributed by atoms with van der Waals surface area (Å²) in [5.41, 5.74) is 0. The maximum atomic E-state index is 13.1. The van der Waals surface area contributed by atoms with Crippen LogP contribution in [0.4, 0.5) is 0 Å². The average molecular weight is 856 g/mol. The van der Waals surface area contributed by atoms with Crippen molar-refractivity contribution >= 4 is 5.91 Å². The molecule has 0 aliphatic carbocycles. The zero-order valence-electron chi connectivity index (χ0n) is 38.8. The van der Waals surface area contributed by atoms with Crippen molar-refractivity contribution in [1.82, 2.24) is 5.32 Å². The van der Waals surface area contributed by atoms with Crippen LogP contribution in [0.5, 0.6) is 0 Å². The Labute approximate surface area is 368 Å². The molecule has 1 heterocycles. The quantitative estimate of drug-likeness (QED) is 0.0233. The first-order valence-corrected chi connectivity index (χ1v) is 25.5. The summed E-state index contributed by atoms with van der Waals surface area (Å²) in [7, 11) is 0. The lowest BCUT2D eigenvalue weighted by atomic mass is 9.99. The number of carbonyl (C=O) groups is 1. The molecule has 10 nitrogen and oxygen atoms in total. The van der Waals surface area contributed by atoms with Gasteiger partial charge < -0.3 is 45.4 Å². The van der Waals surface area contributed by atoms with E-state index in [0.717, 1.165) is 44.9 Å². The third kappa shape index (κ3) is 30.1. The van der Waals surface area contributed by atoms with Crippen molar-refractivity contribution in [2.45, 2.75) is 288 Å². The number of nitrogens with one attached hydrogen (secondary N) is 1. The van der Waals surface area contributed by atoms with E-state index in [4.69, 9.17) is 9.47 Å². The number of rotatable bonds is 43. The SMILES string of the molecule is CCCCCCCCCCCCCCC/C=C/C(O)C(COC1OC(CO)C(O)C(O)C1O)NC(=O)C(O)CCCCCCCCCCCCCCCCCCCCCC. The Morgan fingerprint density at radius 2 is 0.950 bits per heavy atom. The molecule has 0 saturated carbocycles. The van der Waals surface area contributed by atoms with Crippen molar-refractivity contribution in [3.05, 3.63) is 12.2 Å². The summed E-state index contributed by atoms with van der Waals surface area (Å²) in [4.78, 5) is 13.1. The lowest BCUT2D eigenvalue weighted by Crippen LogP contribution is -2.60. The highest BCUT2D eigenvalue weighted by molar-refractivity contribution is 5.80. The maximum Gasteiger partial charge on any atom is 0.249 e. The summed E-state index contributed by atoms with van der Waals surface area (Å²) < 4.78 is 11.2. The molecule has 0 aromatic heterocycles. The molecule has 1 aliphatic rings. The van der Waals surface area contributed by atoms with Crippen molar-refractivity contribution in [2.24, 2.45) is 0 Å². The predicted octanol–water partition coefficient (Wildman–Crippen LogP) is 10.3. The van der Waals surface area contributed by atoms with Gasteiger partial charge in [-0.3, -0.25) is 4.79 Å². The zero-order chi connectivity index (χ0) is 43.9. The van der Waals surface area contributed by atoms with Crippen LogP contribution in [0.2, 0.25) is 0 Å². The fourth-order valence-corrected chi connectivity index (χ4v) is 8.28. The van der Waals surface area contributed by atoms with Crippen molar-refractivity contribution in [3.8, 4) is 0 Å². The van der Waals surface area contributed by atoms with Gasteiger partial charge in [0.15, 0.2) is 6.29 Å². The Morgan fingerprint density at radius 3 is 1.35 bits per heavy atom. The summed E-state index contributed by atoms with van der Waals surface area (Å²) in [5, 5.41) is 64.8. The minimum Gasteiger partial charge on any atom is -0.394 e. The fourth-order valence-electron chi connectivity index (χ4n) is 8.28. The van der Waals surface area contributed by atoms with Gasteiger partial charge in [0.25, 0.3) is 0 Å². The molecule has 0 bridgehead atoms. The van der Waals surface area contributed by atoms with E-state index in [9.17, 15) is 35.4 Å². The van der Waals surface area contributed by atoms with E-state index in [2.05, 4.69) is 19.2 Å². The number of hydrogen-bond acceptors (Lipinski definition) is 9. The highest BCUT2D eigenvalue weighted by Gasteiger charge is 2.44. The van der Waals surface area contributed by atoms with Crippen LogP contribution >= 0.6 is 0 Å². The number of amides is 1. The molecule has 7 N–H and O–H groups in total. The second-order valence-corrected chi connectivity index (χ2v) is 18.1. The number of carbonyl (C=O) groups excluding carboxylic acids is 1. The van der Waals surface area contributed by atoms with Gasteiger partial charge in [-0.05, 0) is 19.3 Å². The second kappa shape index (κ2) is 40.7. The Hall–Kier alpha value is -1.11. The molecule has 1 aliphatic heterocycles. The highest BCUT2D eigenvalue weighted by atomic mass is 16.7. The van der Waals surface area contributed by atoms with E-state index in [1.54, 1.807) is 6.08 Å². The molecule has 0 radical (unpaired) electrons. The molecule has 8 unspecified atom stereocenters. The second-order valence-electron chi connectivity index (χ2n) is 18.1. The standard InChI is InChI=1S/C50H97NO9/c1-3-5-7-9-11-13-15-17-19-20-21-22-23-25-27-29-31-33-35-37-39-44(54)49(58)51-42(41-59-50-48(57)47(56)46(55)45(40-52)60-50)43(53)38-36-34-32-30-28-26-24-18-16-14-12-10-8-6-4-2/h36,38,42-48,50,52-57H,3-35,37,39-41H2,1-2H3,(H,51,58)/b38-36+. The first kappa shape index (κ1) is 56.9. The molecule has 1 fully saturated rings. The number of allylic oxidation sites excluding steroid dienone is 1. The third-order valence-electron chi connectivity index (χ3n) is 12.5. The van der Waals surface area contributed by atoms with E-state index >= 15 is 0 Å². The van der Waals surface area contributed by atoms with E-state index < -0.39 is 61.5 Å². The van der Waals surface area contributed by atoms with Crippen molar-refractivity contribution in [3.63, 3.8) is 0 Å². The lowest BCUT2D eigenvalue weighted by molar-refractivity contribution is -0.302. The zero-order valence-corrected chi connectivity index (χ0v) is 38.8. The van der Waals surface area contributed by atoms with Crippen LogP contribution in [0.25, 0.3) is 0 Å². The van der Waals surface area contributed by atoms with Crippen LogP contribution < -0.4 is 5.32 Å². The summed E-state index contributed by atoms with van der Waals surface area (Å²) in [6.07, 6.45) is 37.2. The average Bonchev–Trinajstić information content (AvgIpc) is 3.25. The summed E-state index contributed by atoms with van der Waals surface area (Å²) >= 11 is 0. The molecule has 0 aromatic carbocycles. The third-order valence-corrected chi connectivity index (χ3v) is 12.5. The number of ether oxygens (including phenoxy) is 2. The van der Waals surface area contributed by atoms with E-state index in [1.807, 2.05) is 6.08 Å². The van der Waals surface area contributed by atoms with Crippen molar-refractivity contribution in [1.29, 1.82) is 0 Å². The van der Waals surface area contributed by atoms with Gasteiger partial charge >= 0.3 is 0 Å². The normalized spacial score (nSPS) is 21.1. The van der Waals surface area contributed by atoms with E-state index in [1.165, 1.54) is 173 Å². The first-order valence-electron chi connectivity index (χ1n) is 25.5. The van der Waals surface area contributed by atoms with Crippen LogP contribution in [0.3, 0.4) is 0 Å². The maximum absolute atomic E-state index is 13.1. The Kier molecular flexibility index (Phi) is 38.6. The predicted molar refractivity (Wildman–Crippen MR) is 246 cm³/mol. The van der Waals surface area contributed by atoms with Gasteiger partial charge in [0.05, 0.1) is 25.4 Å². The van der Waals surface area contributed by atoms with Gasteiger partial charge in [0.1, 0.15) is 30.5 Å². The van der Waals surface area contributed by atoms with E-state index in [-0.39, 0.29) is 6.61 Å².